The van der Waals surface area contributed by atoms with E-state index in [4.69, 9.17) is 4.74 Å². The maximum Gasteiger partial charge on any atom is 0.298 e. The fraction of sp³-hybridized carbons (Fsp3) is 0.208. The van der Waals surface area contributed by atoms with Gasteiger partial charge in [0.15, 0.2) is 5.71 Å². The maximum absolute atomic E-state index is 12.0. The molecule has 1 aliphatic carbocycles. The minimum atomic E-state index is -4.45. The zero-order valence-electron chi connectivity index (χ0n) is 18.3. The highest BCUT2D eigenvalue weighted by molar-refractivity contribution is 7.86. The van der Waals surface area contributed by atoms with Gasteiger partial charge in [-0.15, -0.1) is 0 Å². The molecule has 0 aliphatic heterocycles. The van der Waals surface area contributed by atoms with Crippen molar-refractivity contribution in [2.45, 2.75) is 4.90 Å². The summed E-state index contributed by atoms with van der Waals surface area (Å²) in [6.07, 6.45) is 8.03. The summed E-state index contributed by atoms with van der Waals surface area (Å²) in [7, 11) is 4.81. The molecule has 0 saturated heterocycles. The summed E-state index contributed by atoms with van der Waals surface area (Å²) in [5.74, 6) is 0.0940. The quantitative estimate of drug-likeness (QED) is 0.569. The van der Waals surface area contributed by atoms with Crippen LogP contribution in [0.5, 0.6) is 5.75 Å². The number of methoxy groups -OCH3 is 1. The topological polar surface area (TPSA) is 69.8 Å². The highest BCUT2D eigenvalue weighted by Crippen LogP contribution is 2.34. The van der Waals surface area contributed by atoms with Crippen molar-refractivity contribution in [3.8, 4) is 5.75 Å². The van der Waals surface area contributed by atoms with E-state index in [9.17, 15) is 13.0 Å². The Labute approximate surface area is 183 Å². The van der Waals surface area contributed by atoms with E-state index in [1.807, 2.05) is 86.2 Å². The predicted octanol–water partition coefficient (Wildman–Crippen LogP) is 3.65. The summed E-state index contributed by atoms with van der Waals surface area (Å²) in [4.78, 5) is 1.75. The van der Waals surface area contributed by atoms with Gasteiger partial charge in [0.25, 0.3) is 10.1 Å². The van der Waals surface area contributed by atoms with Crippen molar-refractivity contribution in [1.82, 2.24) is 0 Å². The van der Waals surface area contributed by atoms with Crippen LogP contribution in [0.25, 0.3) is 5.57 Å². The maximum atomic E-state index is 12.0. The van der Waals surface area contributed by atoms with Crippen molar-refractivity contribution < 1.29 is 22.3 Å². The molecule has 6 nitrogen and oxygen atoms in total. The van der Waals surface area contributed by atoms with Crippen molar-refractivity contribution in [3.05, 3.63) is 83.5 Å². The molecule has 1 aliphatic rings. The second-order valence-corrected chi connectivity index (χ2v) is 8.99. The molecule has 0 radical (unpaired) electrons. The van der Waals surface area contributed by atoms with Gasteiger partial charge in [0.1, 0.15) is 24.7 Å². The number of rotatable bonds is 5. The van der Waals surface area contributed by atoms with Crippen LogP contribution in [0.1, 0.15) is 11.1 Å². The standard InChI is InChI=1S/C24H26N2O4S/c1-25(2)20-11-6-17(7-12-20)24(18-8-13-21(14-9-18)26(3)4)19-10-15-22(30-5)23(16-19)31(27,28)29/h6-16H,1-5H3/p+1. The number of anilines is 1. The predicted molar refractivity (Wildman–Crippen MR) is 125 cm³/mol. The van der Waals surface area contributed by atoms with Crippen LogP contribution in [-0.4, -0.2) is 58.6 Å². The van der Waals surface area contributed by atoms with E-state index in [1.165, 1.54) is 13.2 Å². The molecule has 0 atom stereocenters. The van der Waals surface area contributed by atoms with Gasteiger partial charge < -0.3 is 9.64 Å². The molecule has 0 saturated carbocycles. The molecule has 2 aromatic carbocycles. The lowest BCUT2D eigenvalue weighted by molar-refractivity contribution is -0.462. The molecule has 7 heteroatoms. The minimum absolute atomic E-state index is 0.0940. The average molecular weight is 440 g/mol. The molecule has 0 amide bonds. The summed E-state index contributed by atoms with van der Waals surface area (Å²) in [6.45, 7) is 0. The Morgan fingerprint density at radius 3 is 2.00 bits per heavy atom. The van der Waals surface area contributed by atoms with Gasteiger partial charge >= 0.3 is 0 Å². The smallest absolute Gasteiger partial charge is 0.298 e. The Bertz CT molecular complexity index is 1200. The van der Waals surface area contributed by atoms with E-state index in [-0.39, 0.29) is 10.6 Å². The third-order valence-electron chi connectivity index (χ3n) is 5.07. The Morgan fingerprint density at radius 2 is 1.52 bits per heavy atom. The van der Waals surface area contributed by atoms with Crippen LogP contribution in [-0.2, 0) is 10.1 Å². The number of hydrogen-bond acceptors (Lipinski definition) is 4. The van der Waals surface area contributed by atoms with Crippen LogP contribution >= 0.6 is 0 Å². The van der Waals surface area contributed by atoms with Crippen molar-refractivity contribution in [1.29, 1.82) is 0 Å². The summed E-state index contributed by atoms with van der Waals surface area (Å²) < 4.78 is 40.8. The van der Waals surface area contributed by atoms with Crippen molar-refractivity contribution >= 4 is 27.1 Å². The van der Waals surface area contributed by atoms with Gasteiger partial charge in [-0.2, -0.15) is 8.42 Å². The van der Waals surface area contributed by atoms with Crippen molar-refractivity contribution in [2.24, 2.45) is 0 Å². The van der Waals surface area contributed by atoms with E-state index in [0.29, 0.717) is 5.56 Å². The molecule has 31 heavy (non-hydrogen) atoms. The zero-order valence-corrected chi connectivity index (χ0v) is 19.1. The lowest BCUT2D eigenvalue weighted by Gasteiger charge is -2.17. The third-order valence-corrected chi connectivity index (χ3v) is 5.95. The van der Waals surface area contributed by atoms with Gasteiger partial charge in [-0.05, 0) is 58.7 Å². The first-order chi connectivity index (χ1) is 14.6. The molecule has 0 heterocycles. The van der Waals surface area contributed by atoms with E-state index in [1.54, 1.807) is 12.1 Å². The second-order valence-electron chi connectivity index (χ2n) is 7.60. The van der Waals surface area contributed by atoms with Gasteiger partial charge in [0, 0.05) is 31.9 Å². The van der Waals surface area contributed by atoms with Gasteiger partial charge in [-0.3, -0.25) is 4.55 Å². The summed E-state index contributed by atoms with van der Waals surface area (Å²) in [5.41, 5.74) is 5.47. The Morgan fingerprint density at radius 1 is 0.935 bits per heavy atom. The highest BCUT2D eigenvalue weighted by atomic mass is 32.2. The molecule has 2 aromatic rings. The van der Waals surface area contributed by atoms with Crippen molar-refractivity contribution in [3.63, 3.8) is 0 Å². The highest BCUT2D eigenvalue weighted by Gasteiger charge is 2.20. The molecule has 0 unspecified atom stereocenters. The third kappa shape index (κ3) is 4.95. The molecule has 0 fully saturated rings. The fourth-order valence-electron chi connectivity index (χ4n) is 3.39. The first kappa shape index (κ1) is 22.5. The zero-order chi connectivity index (χ0) is 22.8. The fourth-order valence-corrected chi connectivity index (χ4v) is 4.07. The molecule has 0 spiro atoms. The van der Waals surface area contributed by atoms with Gasteiger partial charge in [-0.25, -0.2) is 4.58 Å². The van der Waals surface area contributed by atoms with Crippen LogP contribution in [0.3, 0.4) is 0 Å². The minimum Gasteiger partial charge on any atom is -0.495 e. The summed E-state index contributed by atoms with van der Waals surface area (Å²) in [5, 5.41) is 0. The molecule has 0 aromatic heterocycles. The summed E-state index contributed by atoms with van der Waals surface area (Å²) >= 11 is 0. The van der Waals surface area contributed by atoms with Crippen LogP contribution < -0.4 is 9.64 Å². The number of hydrogen-bond donors (Lipinski definition) is 1. The normalized spacial score (nSPS) is 13.4. The lowest BCUT2D eigenvalue weighted by Crippen LogP contribution is -2.10. The SMILES string of the molecule is COc1ccc(C(=C2C=CC(=[N+](C)C)C=C2)c2ccc(N(C)C)cc2)cc1S(=O)(=O)O. The number of nitrogens with zero attached hydrogens (tertiary/aromatic N) is 2. The molecule has 0 bridgehead atoms. The first-order valence-electron chi connectivity index (χ1n) is 9.70. The monoisotopic (exact) mass is 439 g/mol. The second kappa shape index (κ2) is 8.91. The Kier molecular flexibility index (Phi) is 6.48. The summed E-state index contributed by atoms with van der Waals surface area (Å²) in [6, 6.07) is 12.8. The van der Waals surface area contributed by atoms with Crippen LogP contribution in [0.15, 0.2) is 77.2 Å². The van der Waals surface area contributed by atoms with Gasteiger partial charge in [0.05, 0.1) is 7.11 Å². The number of benzene rings is 2. The molecular formula is C24H27N2O4S+. The van der Waals surface area contributed by atoms with E-state index in [0.717, 1.165) is 28.1 Å². The Balaban J connectivity index is 2.26. The molecular weight excluding hydrogens is 412 g/mol. The van der Waals surface area contributed by atoms with E-state index in [2.05, 4.69) is 0 Å². The number of allylic oxidation sites excluding steroid dienone is 5. The lowest BCUT2D eigenvalue weighted by atomic mass is 9.90. The first-order valence-corrected chi connectivity index (χ1v) is 11.1. The van der Waals surface area contributed by atoms with Crippen LogP contribution in [0, 0.1) is 0 Å². The van der Waals surface area contributed by atoms with E-state index < -0.39 is 10.1 Å². The van der Waals surface area contributed by atoms with E-state index >= 15 is 0 Å². The van der Waals surface area contributed by atoms with Gasteiger partial charge in [0.2, 0.25) is 0 Å². The molecule has 162 valence electrons. The van der Waals surface area contributed by atoms with Crippen LogP contribution in [0.4, 0.5) is 5.69 Å². The van der Waals surface area contributed by atoms with Gasteiger partial charge in [-0.1, -0.05) is 18.2 Å². The average Bonchev–Trinajstić information content (AvgIpc) is 2.74. The molecule has 3 rings (SSSR count). The molecule has 1 N–H and O–H groups in total. The largest absolute Gasteiger partial charge is 0.495 e. The Hall–Kier alpha value is -3.16. The van der Waals surface area contributed by atoms with Crippen LogP contribution in [0.2, 0.25) is 0 Å². The number of ether oxygens (including phenoxy) is 1. The van der Waals surface area contributed by atoms with Crippen molar-refractivity contribution in [2.75, 3.05) is 40.2 Å².